The predicted octanol–water partition coefficient (Wildman–Crippen LogP) is 2.22. The van der Waals surface area contributed by atoms with Gasteiger partial charge in [-0.15, -0.1) is 0 Å². The van der Waals surface area contributed by atoms with Crippen molar-refractivity contribution < 1.29 is 14.6 Å². The molecule has 0 bridgehead atoms. The second-order valence-electron chi connectivity index (χ2n) is 4.60. The van der Waals surface area contributed by atoms with Crippen LogP contribution < -0.4 is 0 Å². The first-order valence-corrected chi connectivity index (χ1v) is 6.19. The first-order valence-electron chi connectivity index (χ1n) is 6.19. The third kappa shape index (κ3) is 3.80. The highest BCUT2D eigenvalue weighted by Gasteiger charge is 2.16. The van der Waals surface area contributed by atoms with Crippen LogP contribution in [-0.4, -0.2) is 31.0 Å². The third-order valence-electron chi connectivity index (χ3n) is 3.03. The highest BCUT2D eigenvalue weighted by Crippen LogP contribution is 2.16. The van der Waals surface area contributed by atoms with Crippen LogP contribution in [0.15, 0.2) is 24.3 Å². The molecule has 0 spiro atoms. The van der Waals surface area contributed by atoms with Gasteiger partial charge in [-0.1, -0.05) is 29.8 Å². The molecule has 0 amide bonds. The first kappa shape index (κ1) is 12.6. The smallest absolute Gasteiger partial charge is 0.102 e. The van der Waals surface area contributed by atoms with Gasteiger partial charge in [0.1, 0.15) is 6.10 Å². The second-order valence-corrected chi connectivity index (χ2v) is 4.60. The molecule has 2 atom stereocenters. The van der Waals surface area contributed by atoms with Gasteiger partial charge in [0.15, 0.2) is 0 Å². The molecule has 1 N–H and O–H groups in total. The molecule has 1 saturated heterocycles. The van der Waals surface area contributed by atoms with Gasteiger partial charge in [0.25, 0.3) is 0 Å². The van der Waals surface area contributed by atoms with E-state index in [1.807, 2.05) is 31.2 Å². The van der Waals surface area contributed by atoms with Crippen molar-refractivity contribution in [3.63, 3.8) is 0 Å². The van der Waals surface area contributed by atoms with Gasteiger partial charge in [-0.3, -0.25) is 0 Å². The highest BCUT2D eigenvalue weighted by atomic mass is 16.5. The third-order valence-corrected chi connectivity index (χ3v) is 3.03. The van der Waals surface area contributed by atoms with Gasteiger partial charge in [-0.25, -0.2) is 0 Å². The summed E-state index contributed by atoms with van der Waals surface area (Å²) in [4.78, 5) is 0. The van der Waals surface area contributed by atoms with Crippen LogP contribution in [0.4, 0.5) is 0 Å². The minimum Gasteiger partial charge on any atom is -0.386 e. The van der Waals surface area contributed by atoms with Crippen molar-refractivity contribution in [3.05, 3.63) is 35.4 Å². The number of hydrogen-bond donors (Lipinski definition) is 1. The molecule has 1 aliphatic heterocycles. The van der Waals surface area contributed by atoms with Crippen LogP contribution in [0.2, 0.25) is 0 Å². The molecule has 1 aliphatic rings. The van der Waals surface area contributed by atoms with E-state index in [0.29, 0.717) is 13.2 Å². The Hall–Kier alpha value is -0.900. The molecule has 94 valence electrons. The van der Waals surface area contributed by atoms with E-state index in [-0.39, 0.29) is 6.10 Å². The number of rotatable bonds is 5. The molecule has 2 rings (SSSR count). The molecular weight excluding hydrogens is 216 g/mol. The van der Waals surface area contributed by atoms with Crippen molar-refractivity contribution >= 4 is 0 Å². The lowest BCUT2D eigenvalue weighted by molar-refractivity contribution is -0.0176. The van der Waals surface area contributed by atoms with Crippen LogP contribution in [-0.2, 0) is 9.47 Å². The molecule has 0 radical (unpaired) electrons. The summed E-state index contributed by atoms with van der Waals surface area (Å²) in [6.45, 7) is 3.78. The Morgan fingerprint density at radius 3 is 3.12 bits per heavy atom. The summed E-state index contributed by atoms with van der Waals surface area (Å²) in [7, 11) is 0. The lowest BCUT2D eigenvalue weighted by Gasteiger charge is -2.14. The van der Waals surface area contributed by atoms with Crippen LogP contribution in [0.5, 0.6) is 0 Å². The second kappa shape index (κ2) is 6.15. The molecule has 3 nitrogen and oxygen atoms in total. The van der Waals surface area contributed by atoms with E-state index in [1.165, 1.54) is 0 Å². The number of ether oxygens (including phenoxy) is 2. The first-order chi connectivity index (χ1) is 8.25. The average Bonchev–Trinajstić information content (AvgIpc) is 2.82. The van der Waals surface area contributed by atoms with E-state index in [1.54, 1.807) is 0 Å². The lowest BCUT2D eigenvalue weighted by atomic mass is 10.1. The van der Waals surface area contributed by atoms with Crippen LogP contribution in [0.25, 0.3) is 0 Å². The zero-order chi connectivity index (χ0) is 12.1. The molecule has 1 fully saturated rings. The van der Waals surface area contributed by atoms with Gasteiger partial charge in [0.05, 0.1) is 19.3 Å². The maximum Gasteiger partial charge on any atom is 0.102 e. The number of hydrogen-bond acceptors (Lipinski definition) is 3. The maximum atomic E-state index is 9.95. The van der Waals surface area contributed by atoms with E-state index < -0.39 is 6.10 Å². The van der Waals surface area contributed by atoms with Crippen LogP contribution >= 0.6 is 0 Å². The monoisotopic (exact) mass is 236 g/mol. The standard InChI is InChI=1S/C14H20O3/c1-11-4-2-5-12(8-11)14(15)10-16-9-13-6-3-7-17-13/h2,4-5,8,13-15H,3,6-7,9-10H2,1H3. The summed E-state index contributed by atoms with van der Waals surface area (Å²) in [5.74, 6) is 0. The lowest BCUT2D eigenvalue weighted by Crippen LogP contribution is -2.17. The summed E-state index contributed by atoms with van der Waals surface area (Å²) >= 11 is 0. The quantitative estimate of drug-likeness (QED) is 0.852. The largest absolute Gasteiger partial charge is 0.386 e. The SMILES string of the molecule is Cc1cccc(C(O)COCC2CCCO2)c1. The minimum absolute atomic E-state index is 0.222. The van der Waals surface area contributed by atoms with E-state index in [4.69, 9.17) is 9.47 Å². The zero-order valence-electron chi connectivity index (χ0n) is 10.3. The number of aliphatic hydroxyl groups is 1. The number of aliphatic hydroxyl groups excluding tert-OH is 1. The van der Waals surface area contributed by atoms with Crippen molar-refractivity contribution in [2.75, 3.05) is 19.8 Å². The van der Waals surface area contributed by atoms with Crippen LogP contribution in [0.1, 0.15) is 30.1 Å². The van der Waals surface area contributed by atoms with Gasteiger partial charge >= 0.3 is 0 Å². The van der Waals surface area contributed by atoms with E-state index in [2.05, 4.69) is 0 Å². The predicted molar refractivity (Wildman–Crippen MR) is 65.9 cm³/mol. The summed E-state index contributed by atoms with van der Waals surface area (Å²) in [6.07, 6.45) is 1.87. The topological polar surface area (TPSA) is 38.7 Å². The van der Waals surface area contributed by atoms with Gasteiger partial charge in [-0.2, -0.15) is 0 Å². The molecule has 0 aliphatic carbocycles. The normalized spacial score (nSPS) is 21.6. The molecule has 0 aromatic heterocycles. The van der Waals surface area contributed by atoms with Gasteiger partial charge in [-0.05, 0) is 25.3 Å². The molecule has 1 aromatic rings. The Bertz CT molecular complexity index is 345. The van der Waals surface area contributed by atoms with Crippen molar-refractivity contribution in [2.24, 2.45) is 0 Å². The Morgan fingerprint density at radius 1 is 1.53 bits per heavy atom. The van der Waals surface area contributed by atoms with E-state index >= 15 is 0 Å². The van der Waals surface area contributed by atoms with Crippen molar-refractivity contribution in [1.82, 2.24) is 0 Å². The molecule has 2 unspecified atom stereocenters. The van der Waals surface area contributed by atoms with Gasteiger partial charge in [0, 0.05) is 6.61 Å². The summed E-state index contributed by atoms with van der Waals surface area (Å²) in [5, 5.41) is 9.95. The van der Waals surface area contributed by atoms with Crippen molar-refractivity contribution in [1.29, 1.82) is 0 Å². The van der Waals surface area contributed by atoms with Crippen molar-refractivity contribution in [3.8, 4) is 0 Å². The number of benzene rings is 1. The molecule has 0 saturated carbocycles. The fourth-order valence-electron chi connectivity index (χ4n) is 2.06. The molecule has 3 heteroatoms. The van der Waals surface area contributed by atoms with Gasteiger partial charge < -0.3 is 14.6 Å². The number of aryl methyl sites for hydroxylation is 1. The summed E-state index contributed by atoms with van der Waals surface area (Å²) in [6, 6.07) is 7.88. The molecular formula is C14H20O3. The van der Waals surface area contributed by atoms with Gasteiger partial charge in [0.2, 0.25) is 0 Å². The fourth-order valence-corrected chi connectivity index (χ4v) is 2.06. The maximum absolute atomic E-state index is 9.95. The van der Waals surface area contributed by atoms with E-state index in [0.717, 1.165) is 30.6 Å². The fraction of sp³-hybridized carbons (Fsp3) is 0.571. The van der Waals surface area contributed by atoms with Crippen LogP contribution in [0.3, 0.4) is 0 Å². The van der Waals surface area contributed by atoms with E-state index in [9.17, 15) is 5.11 Å². The molecule has 17 heavy (non-hydrogen) atoms. The Labute approximate surface area is 102 Å². The minimum atomic E-state index is -0.545. The average molecular weight is 236 g/mol. The van der Waals surface area contributed by atoms with Crippen molar-refractivity contribution in [2.45, 2.75) is 32.0 Å². The molecule has 1 aromatic carbocycles. The highest BCUT2D eigenvalue weighted by molar-refractivity contribution is 5.23. The Morgan fingerprint density at radius 2 is 2.41 bits per heavy atom. The molecule has 1 heterocycles. The summed E-state index contributed by atoms with van der Waals surface area (Å²) in [5.41, 5.74) is 2.07. The zero-order valence-corrected chi connectivity index (χ0v) is 10.3. The summed E-state index contributed by atoms with van der Waals surface area (Å²) < 4.78 is 11.0. The Balaban J connectivity index is 1.74. The van der Waals surface area contributed by atoms with Crippen LogP contribution in [0, 0.1) is 6.92 Å². The Kier molecular flexibility index (Phi) is 4.54.